The van der Waals surface area contributed by atoms with Gasteiger partial charge in [0.2, 0.25) is 0 Å². The molecule has 29 heavy (non-hydrogen) atoms. The molecule has 0 heterocycles. The molecule has 0 saturated heterocycles. The Kier molecular flexibility index (Phi) is 6.92. The smallest absolute Gasteiger partial charge is 0.165 e. The molecule has 3 aromatic carbocycles. The minimum Gasteiger partial charge on any atom is -0.494 e. The number of hydrogen-bond donors (Lipinski definition) is 0. The Balaban J connectivity index is 1.60. The predicted molar refractivity (Wildman–Crippen MR) is 116 cm³/mol. The normalized spacial score (nSPS) is 11.3. The van der Waals surface area contributed by atoms with Crippen LogP contribution in [0.4, 0.5) is 4.39 Å². The SMILES string of the molecule is CCOc1ccc(C(C)(C)CCCc2ccc(F)c(Oc3ccccc3)c2)cc1. The predicted octanol–water partition coefficient (Wildman–Crippen LogP) is 7.32. The molecular formula is C26H29FO2. The third-order valence-electron chi connectivity index (χ3n) is 5.18. The van der Waals surface area contributed by atoms with E-state index in [9.17, 15) is 4.39 Å². The molecule has 3 heteroatoms. The van der Waals surface area contributed by atoms with Gasteiger partial charge in [0.25, 0.3) is 0 Å². The average molecular weight is 393 g/mol. The molecule has 0 aromatic heterocycles. The number of para-hydroxylation sites is 1. The van der Waals surface area contributed by atoms with E-state index in [0.717, 1.165) is 30.6 Å². The van der Waals surface area contributed by atoms with Gasteiger partial charge in [-0.15, -0.1) is 0 Å². The summed E-state index contributed by atoms with van der Waals surface area (Å²) < 4.78 is 25.4. The van der Waals surface area contributed by atoms with Crippen LogP contribution < -0.4 is 9.47 Å². The van der Waals surface area contributed by atoms with Gasteiger partial charge in [-0.2, -0.15) is 0 Å². The molecule has 3 aromatic rings. The highest BCUT2D eigenvalue weighted by atomic mass is 19.1. The van der Waals surface area contributed by atoms with Crippen LogP contribution in [0, 0.1) is 5.82 Å². The van der Waals surface area contributed by atoms with Crippen LogP contribution in [0.15, 0.2) is 72.8 Å². The second-order valence-corrected chi connectivity index (χ2v) is 7.87. The average Bonchev–Trinajstić information content (AvgIpc) is 2.72. The van der Waals surface area contributed by atoms with Gasteiger partial charge in [0, 0.05) is 0 Å². The minimum absolute atomic E-state index is 0.0636. The van der Waals surface area contributed by atoms with E-state index in [1.807, 2.05) is 61.5 Å². The third-order valence-corrected chi connectivity index (χ3v) is 5.18. The van der Waals surface area contributed by atoms with Gasteiger partial charge in [-0.25, -0.2) is 4.39 Å². The van der Waals surface area contributed by atoms with Crippen LogP contribution in [0.3, 0.4) is 0 Å². The minimum atomic E-state index is -0.340. The number of aryl methyl sites for hydroxylation is 1. The van der Waals surface area contributed by atoms with E-state index in [2.05, 4.69) is 26.0 Å². The lowest BCUT2D eigenvalue weighted by Crippen LogP contribution is -2.17. The largest absolute Gasteiger partial charge is 0.494 e. The summed E-state index contributed by atoms with van der Waals surface area (Å²) in [5.74, 6) is 1.48. The molecule has 0 unspecified atom stereocenters. The highest BCUT2D eigenvalue weighted by Crippen LogP contribution is 2.31. The fourth-order valence-corrected chi connectivity index (χ4v) is 3.44. The van der Waals surface area contributed by atoms with Crippen LogP contribution in [-0.4, -0.2) is 6.61 Å². The van der Waals surface area contributed by atoms with Crippen LogP contribution in [0.1, 0.15) is 44.7 Å². The fraction of sp³-hybridized carbons (Fsp3) is 0.308. The van der Waals surface area contributed by atoms with Gasteiger partial charge in [-0.3, -0.25) is 0 Å². The molecule has 0 aliphatic rings. The summed E-state index contributed by atoms with van der Waals surface area (Å²) in [6.07, 6.45) is 2.93. The van der Waals surface area contributed by atoms with E-state index in [4.69, 9.17) is 9.47 Å². The number of halogens is 1. The van der Waals surface area contributed by atoms with Crippen molar-refractivity contribution < 1.29 is 13.9 Å². The molecule has 0 fully saturated rings. The van der Waals surface area contributed by atoms with Crippen LogP contribution in [0.2, 0.25) is 0 Å². The highest BCUT2D eigenvalue weighted by molar-refractivity contribution is 5.35. The maximum atomic E-state index is 14.1. The van der Waals surface area contributed by atoms with Crippen LogP contribution in [-0.2, 0) is 11.8 Å². The maximum absolute atomic E-state index is 14.1. The lowest BCUT2D eigenvalue weighted by Gasteiger charge is -2.25. The second-order valence-electron chi connectivity index (χ2n) is 7.87. The molecule has 0 spiro atoms. The molecule has 0 aliphatic carbocycles. The Morgan fingerprint density at radius 2 is 1.59 bits per heavy atom. The van der Waals surface area contributed by atoms with Gasteiger partial charge in [-0.1, -0.05) is 50.2 Å². The zero-order chi connectivity index (χ0) is 20.7. The molecular weight excluding hydrogens is 363 g/mol. The van der Waals surface area contributed by atoms with E-state index >= 15 is 0 Å². The Hall–Kier alpha value is -2.81. The van der Waals surface area contributed by atoms with Crippen molar-refractivity contribution in [1.82, 2.24) is 0 Å². The lowest BCUT2D eigenvalue weighted by atomic mass is 9.80. The summed E-state index contributed by atoms with van der Waals surface area (Å²) in [6, 6.07) is 22.8. The summed E-state index contributed by atoms with van der Waals surface area (Å²) in [5.41, 5.74) is 2.45. The summed E-state index contributed by atoms with van der Waals surface area (Å²) >= 11 is 0. The van der Waals surface area contributed by atoms with Gasteiger partial charge in [0.1, 0.15) is 11.5 Å². The Morgan fingerprint density at radius 1 is 0.862 bits per heavy atom. The first-order valence-electron chi connectivity index (χ1n) is 10.2. The van der Waals surface area contributed by atoms with E-state index in [1.165, 1.54) is 11.6 Å². The van der Waals surface area contributed by atoms with Gasteiger partial charge >= 0.3 is 0 Å². The van der Waals surface area contributed by atoms with E-state index in [-0.39, 0.29) is 17.0 Å². The molecule has 0 aliphatic heterocycles. The Bertz CT molecular complexity index is 902. The fourth-order valence-electron chi connectivity index (χ4n) is 3.44. The summed E-state index contributed by atoms with van der Waals surface area (Å²) in [6.45, 7) is 7.19. The first kappa shape index (κ1) is 20.9. The molecule has 0 amide bonds. The highest BCUT2D eigenvalue weighted by Gasteiger charge is 2.20. The summed E-state index contributed by atoms with van der Waals surface area (Å²) in [4.78, 5) is 0. The number of hydrogen-bond acceptors (Lipinski definition) is 2. The standard InChI is InChI=1S/C26H29FO2/c1-4-28-22-15-13-21(14-16-22)26(2,3)18-8-9-20-12-17-24(27)25(19-20)29-23-10-6-5-7-11-23/h5-7,10-17,19H,4,8-9,18H2,1-3H3. The van der Waals surface area contributed by atoms with Crippen LogP contribution in [0.5, 0.6) is 17.2 Å². The first-order chi connectivity index (χ1) is 14.0. The molecule has 2 nitrogen and oxygen atoms in total. The van der Waals surface area contributed by atoms with E-state index < -0.39 is 0 Å². The van der Waals surface area contributed by atoms with Gasteiger partial charge in [0.15, 0.2) is 11.6 Å². The topological polar surface area (TPSA) is 18.5 Å². The van der Waals surface area contributed by atoms with Crippen molar-refractivity contribution in [2.75, 3.05) is 6.61 Å². The van der Waals surface area contributed by atoms with E-state index in [0.29, 0.717) is 12.4 Å². The van der Waals surface area contributed by atoms with Crippen molar-refractivity contribution in [3.05, 3.63) is 89.7 Å². The second kappa shape index (κ2) is 9.60. The van der Waals surface area contributed by atoms with Crippen molar-refractivity contribution in [2.24, 2.45) is 0 Å². The Morgan fingerprint density at radius 3 is 2.28 bits per heavy atom. The number of benzene rings is 3. The van der Waals surface area contributed by atoms with Crippen molar-refractivity contribution in [1.29, 1.82) is 0 Å². The molecule has 152 valence electrons. The third kappa shape index (κ3) is 5.83. The van der Waals surface area contributed by atoms with Gasteiger partial charge < -0.3 is 9.47 Å². The molecule has 0 radical (unpaired) electrons. The van der Waals surface area contributed by atoms with E-state index in [1.54, 1.807) is 0 Å². The Labute approximate surface area is 173 Å². The molecule has 3 rings (SSSR count). The van der Waals surface area contributed by atoms with Crippen molar-refractivity contribution >= 4 is 0 Å². The summed E-state index contributed by atoms with van der Waals surface area (Å²) in [7, 11) is 0. The quantitative estimate of drug-likeness (QED) is 0.380. The zero-order valence-corrected chi connectivity index (χ0v) is 17.5. The number of rotatable bonds is 9. The molecule has 0 saturated carbocycles. The zero-order valence-electron chi connectivity index (χ0n) is 17.5. The van der Waals surface area contributed by atoms with Crippen LogP contribution >= 0.6 is 0 Å². The van der Waals surface area contributed by atoms with Crippen molar-refractivity contribution in [3.8, 4) is 17.2 Å². The number of ether oxygens (including phenoxy) is 2. The molecule has 0 bridgehead atoms. The van der Waals surface area contributed by atoms with Crippen molar-refractivity contribution in [2.45, 2.75) is 45.4 Å². The van der Waals surface area contributed by atoms with Gasteiger partial charge in [0.05, 0.1) is 6.61 Å². The maximum Gasteiger partial charge on any atom is 0.165 e. The molecule has 0 atom stereocenters. The lowest BCUT2D eigenvalue weighted by molar-refractivity contribution is 0.339. The first-order valence-corrected chi connectivity index (χ1v) is 10.2. The van der Waals surface area contributed by atoms with Gasteiger partial charge in [-0.05, 0) is 79.1 Å². The van der Waals surface area contributed by atoms with Crippen molar-refractivity contribution in [3.63, 3.8) is 0 Å². The monoisotopic (exact) mass is 392 g/mol. The van der Waals surface area contributed by atoms with Crippen LogP contribution in [0.25, 0.3) is 0 Å². The molecule has 0 N–H and O–H groups in total. The summed E-state index contributed by atoms with van der Waals surface area (Å²) in [5, 5.41) is 0.